The summed E-state index contributed by atoms with van der Waals surface area (Å²) in [5.74, 6) is 1.58. The van der Waals surface area contributed by atoms with Crippen LogP contribution in [0.15, 0.2) is 41.2 Å². The summed E-state index contributed by atoms with van der Waals surface area (Å²) in [5, 5.41) is 14.3. The number of piperazine rings is 1. The van der Waals surface area contributed by atoms with Crippen LogP contribution >= 0.6 is 0 Å². The smallest absolute Gasteiger partial charge is 0.259 e. The Morgan fingerprint density at radius 2 is 1.78 bits per heavy atom. The van der Waals surface area contributed by atoms with Crippen molar-refractivity contribution in [3.8, 4) is 22.8 Å². The van der Waals surface area contributed by atoms with Crippen molar-refractivity contribution in [1.82, 2.24) is 20.0 Å². The van der Waals surface area contributed by atoms with Crippen molar-refractivity contribution >= 4 is 11.9 Å². The lowest BCUT2D eigenvalue weighted by atomic mass is 10.0. The highest BCUT2D eigenvalue weighted by Gasteiger charge is 2.32. The molecule has 3 heterocycles. The second-order valence-electron chi connectivity index (χ2n) is 7.34. The Bertz CT molecular complexity index is 1080. The number of nitrogens with zero attached hydrogens (tertiary/aromatic N) is 5. The van der Waals surface area contributed by atoms with Gasteiger partial charge in [-0.15, -0.1) is 0 Å². The van der Waals surface area contributed by atoms with Crippen LogP contribution in [0.4, 0.5) is 5.95 Å². The first-order valence-electron chi connectivity index (χ1n) is 10.2. The molecular formula is C22H25N5O5. The summed E-state index contributed by atoms with van der Waals surface area (Å²) in [4.78, 5) is 25.8. The molecule has 4 rings (SSSR count). The van der Waals surface area contributed by atoms with E-state index >= 15 is 0 Å². The van der Waals surface area contributed by atoms with Crippen molar-refractivity contribution in [3.05, 3.63) is 48.0 Å². The fraction of sp³-hybridized carbons (Fsp3) is 0.364. The molecule has 1 N–H and O–H groups in total. The minimum Gasteiger partial charge on any atom is -0.493 e. The predicted molar refractivity (Wildman–Crippen MR) is 116 cm³/mol. The largest absolute Gasteiger partial charge is 0.493 e. The van der Waals surface area contributed by atoms with Crippen molar-refractivity contribution in [3.63, 3.8) is 0 Å². The molecule has 1 atom stereocenters. The number of carbonyl (C=O) groups excluding carboxylic acids is 1. The summed E-state index contributed by atoms with van der Waals surface area (Å²) >= 11 is 0. The maximum absolute atomic E-state index is 13.5. The molecule has 1 saturated heterocycles. The quantitative estimate of drug-likeness (QED) is 0.617. The van der Waals surface area contributed by atoms with E-state index in [0.717, 1.165) is 0 Å². The van der Waals surface area contributed by atoms with Crippen LogP contribution in [0.3, 0.4) is 0 Å². The number of aliphatic hydroxyl groups is 1. The summed E-state index contributed by atoms with van der Waals surface area (Å²) < 4.78 is 16.1. The normalized spacial score (nSPS) is 14.9. The lowest BCUT2D eigenvalue weighted by molar-refractivity contribution is 0.0735. The third-order valence-corrected chi connectivity index (χ3v) is 5.37. The Hall–Kier alpha value is -3.66. The number of carbonyl (C=O) groups is 1. The predicted octanol–water partition coefficient (Wildman–Crippen LogP) is 2.16. The number of ether oxygens (including phenoxy) is 2. The van der Waals surface area contributed by atoms with Gasteiger partial charge in [0.05, 0.1) is 14.2 Å². The van der Waals surface area contributed by atoms with Crippen molar-refractivity contribution in [2.75, 3.05) is 45.3 Å². The number of aliphatic hydroxyl groups excluding tert-OH is 1. The van der Waals surface area contributed by atoms with Crippen LogP contribution in [-0.2, 0) is 0 Å². The van der Waals surface area contributed by atoms with Gasteiger partial charge < -0.3 is 28.9 Å². The summed E-state index contributed by atoms with van der Waals surface area (Å²) in [6, 6.07) is 7.00. The third kappa shape index (κ3) is 4.09. The van der Waals surface area contributed by atoms with Crippen molar-refractivity contribution in [1.29, 1.82) is 0 Å². The zero-order valence-corrected chi connectivity index (χ0v) is 18.2. The van der Waals surface area contributed by atoms with Gasteiger partial charge in [-0.05, 0) is 31.2 Å². The molecule has 10 heteroatoms. The molecular weight excluding hydrogens is 414 g/mol. The van der Waals surface area contributed by atoms with Crippen molar-refractivity contribution in [2.45, 2.75) is 13.0 Å². The van der Waals surface area contributed by atoms with Crippen LogP contribution in [-0.4, -0.2) is 71.4 Å². The number of hydrogen-bond acceptors (Lipinski definition) is 9. The highest BCUT2D eigenvalue weighted by molar-refractivity contribution is 6.01. The Labute approximate surface area is 185 Å². The number of aromatic nitrogens is 3. The topological polar surface area (TPSA) is 114 Å². The average molecular weight is 439 g/mol. The monoisotopic (exact) mass is 439 g/mol. The van der Waals surface area contributed by atoms with E-state index in [0.29, 0.717) is 54.9 Å². The van der Waals surface area contributed by atoms with E-state index in [4.69, 9.17) is 14.0 Å². The second kappa shape index (κ2) is 9.23. The molecule has 1 aliphatic rings. The fourth-order valence-corrected chi connectivity index (χ4v) is 3.70. The summed E-state index contributed by atoms with van der Waals surface area (Å²) in [7, 11) is 3.09. The van der Waals surface area contributed by atoms with Crippen LogP contribution in [0.2, 0.25) is 0 Å². The molecule has 1 unspecified atom stereocenters. The lowest BCUT2D eigenvalue weighted by Crippen LogP contribution is -2.49. The number of methoxy groups -OCH3 is 2. The number of amides is 1. The van der Waals surface area contributed by atoms with Crippen LogP contribution in [0.1, 0.15) is 29.1 Å². The highest BCUT2D eigenvalue weighted by atomic mass is 16.5. The summed E-state index contributed by atoms with van der Waals surface area (Å²) in [6.45, 7) is 3.69. The fourth-order valence-electron chi connectivity index (χ4n) is 3.70. The number of rotatable bonds is 6. The zero-order chi connectivity index (χ0) is 22.7. The van der Waals surface area contributed by atoms with Gasteiger partial charge in [0.1, 0.15) is 17.4 Å². The van der Waals surface area contributed by atoms with Crippen molar-refractivity contribution < 1.29 is 23.9 Å². The van der Waals surface area contributed by atoms with Crippen LogP contribution in [0, 0.1) is 0 Å². The van der Waals surface area contributed by atoms with Gasteiger partial charge in [0.2, 0.25) is 5.95 Å². The molecule has 0 spiro atoms. The van der Waals surface area contributed by atoms with Gasteiger partial charge in [0.25, 0.3) is 5.91 Å². The SMILES string of the molecule is COc1ccc(-c2noc(C(C)O)c2C(=O)N2CCN(c3ncccn3)CC2)cc1OC. The molecule has 1 aromatic carbocycles. The van der Waals surface area contributed by atoms with E-state index < -0.39 is 6.10 Å². The van der Waals surface area contributed by atoms with Gasteiger partial charge in [-0.25, -0.2) is 9.97 Å². The van der Waals surface area contributed by atoms with Gasteiger partial charge in [-0.3, -0.25) is 4.79 Å². The van der Waals surface area contributed by atoms with Gasteiger partial charge >= 0.3 is 0 Å². The molecule has 3 aromatic rings. The van der Waals surface area contributed by atoms with Crippen LogP contribution < -0.4 is 14.4 Å². The average Bonchev–Trinajstić information content (AvgIpc) is 3.29. The molecule has 1 aliphatic heterocycles. The van der Waals surface area contributed by atoms with E-state index in [1.54, 1.807) is 55.6 Å². The molecule has 168 valence electrons. The first-order valence-corrected chi connectivity index (χ1v) is 10.2. The minimum absolute atomic E-state index is 0.133. The summed E-state index contributed by atoms with van der Waals surface area (Å²) in [6.07, 6.45) is 2.40. The number of hydrogen-bond donors (Lipinski definition) is 1. The van der Waals surface area contributed by atoms with E-state index in [9.17, 15) is 9.90 Å². The number of benzene rings is 1. The highest BCUT2D eigenvalue weighted by Crippen LogP contribution is 2.36. The maximum atomic E-state index is 13.5. The first-order chi connectivity index (χ1) is 15.5. The Morgan fingerprint density at radius 3 is 2.41 bits per heavy atom. The molecule has 0 bridgehead atoms. The molecule has 0 aliphatic carbocycles. The Balaban J connectivity index is 1.62. The lowest BCUT2D eigenvalue weighted by Gasteiger charge is -2.34. The van der Waals surface area contributed by atoms with Crippen LogP contribution in [0.5, 0.6) is 11.5 Å². The molecule has 2 aromatic heterocycles. The molecule has 10 nitrogen and oxygen atoms in total. The van der Waals surface area contributed by atoms with E-state index in [1.165, 1.54) is 7.11 Å². The van der Waals surface area contributed by atoms with Gasteiger partial charge in [0.15, 0.2) is 17.3 Å². The van der Waals surface area contributed by atoms with Gasteiger partial charge in [-0.1, -0.05) is 5.16 Å². The standard InChI is InChI=1S/C22H25N5O5/c1-14(28)20-18(19(25-32-20)15-5-6-16(30-2)17(13-15)31-3)21(29)26-9-11-27(12-10-26)22-23-7-4-8-24-22/h4-8,13-14,28H,9-12H2,1-3H3. The molecule has 0 saturated carbocycles. The molecule has 32 heavy (non-hydrogen) atoms. The molecule has 1 amide bonds. The van der Waals surface area contributed by atoms with Gasteiger partial charge in [0, 0.05) is 44.1 Å². The zero-order valence-electron chi connectivity index (χ0n) is 18.2. The maximum Gasteiger partial charge on any atom is 0.259 e. The second-order valence-corrected chi connectivity index (χ2v) is 7.34. The van der Waals surface area contributed by atoms with E-state index in [-0.39, 0.29) is 17.2 Å². The minimum atomic E-state index is -0.991. The van der Waals surface area contributed by atoms with E-state index in [2.05, 4.69) is 15.1 Å². The Kier molecular flexibility index (Phi) is 6.22. The Morgan fingerprint density at radius 1 is 1.09 bits per heavy atom. The van der Waals surface area contributed by atoms with Crippen LogP contribution in [0.25, 0.3) is 11.3 Å². The van der Waals surface area contributed by atoms with Crippen molar-refractivity contribution in [2.24, 2.45) is 0 Å². The third-order valence-electron chi connectivity index (χ3n) is 5.37. The molecule has 0 radical (unpaired) electrons. The van der Waals surface area contributed by atoms with Gasteiger partial charge in [-0.2, -0.15) is 0 Å². The van der Waals surface area contributed by atoms with E-state index in [1.807, 2.05) is 4.90 Å². The summed E-state index contributed by atoms with van der Waals surface area (Å²) in [5.41, 5.74) is 1.22. The molecule has 1 fully saturated rings. The first kappa shape index (κ1) is 21.6. The number of anilines is 1.